The van der Waals surface area contributed by atoms with Gasteiger partial charge in [0.05, 0.1) is 0 Å². The molecule has 2 unspecified atom stereocenters. The number of hydrogen-bond donors (Lipinski definition) is 0. The maximum atomic E-state index is 10.2. The summed E-state index contributed by atoms with van der Waals surface area (Å²) in [5.74, 6) is 0. The zero-order chi connectivity index (χ0) is 5.86. The highest BCUT2D eigenvalue weighted by molar-refractivity contribution is 7.48. The lowest BCUT2D eigenvalue weighted by atomic mass is 10.9. The SMILES string of the molecule is C[P+](=O)C(Cl)C=O. The summed E-state index contributed by atoms with van der Waals surface area (Å²) in [4.78, 5) is 9.63. The fraction of sp³-hybridized carbons (Fsp3) is 0.667. The van der Waals surface area contributed by atoms with Gasteiger partial charge in [-0.05, 0) is 0 Å². The van der Waals surface area contributed by atoms with Gasteiger partial charge in [-0.15, -0.1) is 0 Å². The summed E-state index contributed by atoms with van der Waals surface area (Å²) >= 11 is 5.15. The summed E-state index contributed by atoms with van der Waals surface area (Å²) in [6.07, 6.45) is 0.472. The highest BCUT2D eigenvalue weighted by atomic mass is 35.5. The molecule has 7 heavy (non-hydrogen) atoms. The van der Waals surface area contributed by atoms with Gasteiger partial charge in [0.1, 0.15) is 6.66 Å². The van der Waals surface area contributed by atoms with Crippen molar-refractivity contribution in [3.8, 4) is 0 Å². The predicted octanol–water partition coefficient (Wildman–Crippen LogP) is 1.21. The van der Waals surface area contributed by atoms with Crippen molar-refractivity contribution in [1.82, 2.24) is 0 Å². The molecule has 4 heteroatoms. The number of halogens is 1. The van der Waals surface area contributed by atoms with Crippen molar-refractivity contribution in [3.63, 3.8) is 0 Å². The van der Waals surface area contributed by atoms with E-state index in [-0.39, 0.29) is 0 Å². The molecule has 0 N–H and O–H groups in total. The second-order valence-electron chi connectivity index (χ2n) is 1.05. The number of carbonyl (C=O) groups excluding carboxylic acids is 1. The van der Waals surface area contributed by atoms with Crippen molar-refractivity contribution in [2.75, 3.05) is 6.66 Å². The van der Waals surface area contributed by atoms with Gasteiger partial charge in [-0.2, -0.15) is 0 Å². The van der Waals surface area contributed by atoms with Crippen LogP contribution in [0.15, 0.2) is 0 Å². The molecule has 0 aliphatic rings. The Labute approximate surface area is 47.6 Å². The quantitative estimate of drug-likeness (QED) is 0.327. The van der Waals surface area contributed by atoms with Crippen molar-refractivity contribution >= 4 is 25.7 Å². The summed E-state index contributed by atoms with van der Waals surface area (Å²) in [5, 5.41) is -0.796. The first kappa shape index (κ1) is 7.06. The van der Waals surface area contributed by atoms with Gasteiger partial charge in [-0.1, -0.05) is 16.2 Å². The minimum Gasteiger partial charge on any atom is -0.297 e. The molecule has 0 bridgehead atoms. The second-order valence-corrected chi connectivity index (χ2v) is 3.48. The van der Waals surface area contributed by atoms with Crippen LogP contribution in [0.2, 0.25) is 0 Å². The maximum Gasteiger partial charge on any atom is 0.362 e. The molecule has 0 spiro atoms. The summed E-state index contributed by atoms with van der Waals surface area (Å²) in [5.41, 5.74) is 0. The summed E-state index contributed by atoms with van der Waals surface area (Å²) < 4.78 is 10.2. The van der Waals surface area contributed by atoms with Gasteiger partial charge in [0.2, 0.25) is 0 Å². The number of aldehydes is 1. The Morgan fingerprint density at radius 2 is 2.29 bits per heavy atom. The van der Waals surface area contributed by atoms with Crippen molar-refractivity contribution in [3.05, 3.63) is 0 Å². The van der Waals surface area contributed by atoms with Crippen LogP contribution < -0.4 is 0 Å². The van der Waals surface area contributed by atoms with E-state index in [1.165, 1.54) is 6.66 Å². The topological polar surface area (TPSA) is 34.1 Å². The van der Waals surface area contributed by atoms with Crippen LogP contribution in [-0.2, 0) is 9.36 Å². The first-order valence-electron chi connectivity index (χ1n) is 1.68. The third-order valence-electron chi connectivity index (χ3n) is 0.460. The van der Waals surface area contributed by atoms with Gasteiger partial charge in [-0.3, -0.25) is 4.79 Å². The second kappa shape index (κ2) is 3.11. The lowest BCUT2D eigenvalue weighted by Crippen LogP contribution is -1.89. The largest absolute Gasteiger partial charge is 0.362 e. The molecule has 2 nitrogen and oxygen atoms in total. The molecular weight excluding hydrogens is 134 g/mol. The molecule has 0 rings (SSSR count). The van der Waals surface area contributed by atoms with E-state index in [9.17, 15) is 9.36 Å². The molecule has 0 saturated carbocycles. The highest BCUT2D eigenvalue weighted by Gasteiger charge is 2.19. The number of hydrogen-bond acceptors (Lipinski definition) is 2. The van der Waals surface area contributed by atoms with Gasteiger partial charge in [0.15, 0.2) is 6.29 Å². The zero-order valence-electron chi connectivity index (χ0n) is 3.80. The predicted molar refractivity (Wildman–Crippen MR) is 29.2 cm³/mol. The van der Waals surface area contributed by atoms with E-state index >= 15 is 0 Å². The fourth-order valence-electron chi connectivity index (χ4n) is 0.0857. The lowest BCUT2D eigenvalue weighted by molar-refractivity contribution is -0.106. The van der Waals surface area contributed by atoms with E-state index < -0.39 is 12.9 Å². The molecule has 0 saturated heterocycles. The van der Waals surface area contributed by atoms with E-state index in [4.69, 9.17) is 11.6 Å². The van der Waals surface area contributed by atoms with Gasteiger partial charge in [0.25, 0.3) is 5.12 Å². The number of alkyl halides is 1. The first-order valence-corrected chi connectivity index (χ1v) is 3.89. The first-order chi connectivity index (χ1) is 3.18. The highest BCUT2D eigenvalue weighted by Crippen LogP contribution is 2.23. The molecule has 40 valence electrons. The molecule has 0 aromatic carbocycles. The third kappa shape index (κ3) is 2.72. The Morgan fingerprint density at radius 1 is 1.86 bits per heavy atom. The normalized spacial score (nSPS) is 15.4. The molecule has 0 aromatic rings. The van der Waals surface area contributed by atoms with Crippen LogP contribution in [-0.4, -0.2) is 18.1 Å². The smallest absolute Gasteiger partial charge is 0.297 e. The van der Waals surface area contributed by atoms with Crippen LogP contribution in [0, 0.1) is 0 Å². The molecule has 0 radical (unpaired) electrons. The molecule has 0 aliphatic heterocycles. The minimum atomic E-state index is -1.51. The Morgan fingerprint density at radius 3 is 2.29 bits per heavy atom. The van der Waals surface area contributed by atoms with Crippen LogP contribution in [0.25, 0.3) is 0 Å². The van der Waals surface area contributed by atoms with Crippen LogP contribution >= 0.6 is 19.4 Å². The van der Waals surface area contributed by atoms with Crippen molar-refractivity contribution in [2.24, 2.45) is 0 Å². The van der Waals surface area contributed by atoms with Gasteiger partial charge in [-0.25, -0.2) is 0 Å². The summed E-state index contributed by atoms with van der Waals surface area (Å²) in [7, 11) is -1.51. The Balaban J connectivity index is 3.55. The summed E-state index contributed by atoms with van der Waals surface area (Å²) in [6, 6.07) is 0. The number of rotatable bonds is 2. The third-order valence-corrected chi connectivity index (χ3v) is 2.20. The van der Waals surface area contributed by atoms with Crippen LogP contribution in [0.5, 0.6) is 0 Å². The van der Waals surface area contributed by atoms with E-state index in [1.807, 2.05) is 0 Å². The Hall–Kier alpha value is 0.0600. The molecule has 0 aliphatic carbocycles. The maximum absolute atomic E-state index is 10.2. The monoisotopic (exact) mass is 139 g/mol. The van der Waals surface area contributed by atoms with Gasteiger partial charge in [0, 0.05) is 0 Å². The molecular formula is C3H5ClO2P+. The minimum absolute atomic E-state index is 0.472. The van der Waals surface area contributed by atoms with E-state index in [0.29, 0.717) is 6.29 Å². The van der Waals surface area contributed by atoms with Crippen molar-refractivity contribution in [1.29, 1.82) is 0 Å². The van der Waals surface area contributed by atoms with Crippen LogP contribution in [0.1, 0.15) is 0 Å². The van der Waals surface area contributed by atoms with E-state index in [2.05, 4.69) is 0 Å². The van der Waals surface area contributed by atoms with Crippen LogP contribution in [0.4, 0.5) is 0 Å². The number of carbonyl (C=O) groups is 1. The molecule has 0 aromatic heterocycles. The zero-order valence-corrected chi connectivity index (χ0v) is 5.45. The summed E-state index contributed by atoms with van der Waals surface area (Å²) in [6.45, 7) is 1.42. The van der Waals surface area contributed by atoms with E-state index in [1.54, 1.807) is 0 Å². The van der Waals surface area contributed by atoms with Crippen molar-refractivity contribution in [2.45, 2.75) is 5.12 Å². The fourth-order valence-corrected chi connectivity index (χ4v) is 0.257. The van der Waals surface area contributed by atoms with Crippen molar-refractivity contribution < 1.29 is 9.36 Å². The molecule has 0 heterocycles. The van der Waals surface area contributed by atoms with E-state index in [0.717, 1.165) is 0 Å². The average Bonchev–Trinajstić information content (AvgIpc) is 1.65. The van der Waals surface area contributed by atoms with Gasteiger partial charge < -0.3 is 0 Å². The Bertz CT molecular complexity index is 92.9. The lowest BCUT2D eigenvalue weighted by Gasteiger charge is -1.74. The molecule has 2 atom stereocenters. The standard InChI is InChI=1S/C3H5ClO2P/c1-7(6)3(4)2-5/h2-3H,1H3/q+1. The molecule has 0 fully saturated rings. The average molecular weight is 139 g/mol. The van der Waals surface area contributed by atoms with Gasteiger partial charge >= 0.3 is 7.80 Å². The Kier molecular flexibility index (Phi) is 3.14. The van der Waals surface area contributed by atoms with Crippen LogP contribution in [0.3, 0.4) is 0 Å². The molecule has 0 amide bonds.